The summed E-state index contributed by atoms with van der Waals surface area (Å²) in [6.07, 6.45) is 1.16. The van der Waals surface area contributed by atoms with Gasteiger partial charge in [-0.15, -0.1) is 0 Å². The Bertz CT molecular complexity index is 1770. The summed E-state index contributed by atoms with van der Waals surface area (Å²) in [7, 11) is -3.82. The smallest absolute Gasteiger partial charge is 0.323 e. The molecule has 5 rings (SSSR count). The average Bonchev–Trinajstić information content (AvgIpc) is 3.25. The van der Waals surface area contributed by atoms with Gasteiger partial charge in [0.2, 0.25) is 0 Å². The molecule has 1 aromatic heterocycles. The third-order valence-corrected chi connectivity index (χ3v) is 8.88. The maximum Gasteiger partial charge on any atom is 0.323 e. The van der Waals surface area contributed by atoms with Crippen LogP contribution in [0.25, 0.3) is 10.9 Å². The lowest BCUT2D eigenvalue weighted by Crippen LogP contribution is -2.35. The van der Waals surface area contributed by atoms with Gasteiger partial charge in [-0.1, -0.05) is 30.3 Å². The van der Waals surface area contributed by atoms with Crippen LogP contribution >= 0.6 is 7.52 Å². The number of pyridine rings is 1. The molecular weight excluding hydrogens is 592 g/mol. The van der Waals surface area contributed by atoms with Gasteiger partial charge < -0.3 is 19.1 Å². The lowest BCUT2D eigenvalue weighted by atomic mass is 10.0. The quantitative estimate of drug-likeness (QED) is 0.125. The number of phenolic OH excluding ortho intramolecular Hbond substituents is 1. The summed E-state index contributed by atoms with van der Waals surface area (Å²) in [4.78, 5) is 44.5. The van der Waals surface area contributed by atoms with Crippen LogP contribution in [-0.2, 0) is 20.6 Å². The first kappa shape index (κ1) is 30.7. The number of amides is 2. The van der Waals surface area contributed by atoms with Gasteiger partial charge in [0, 0.05) is 11.6 Å². The van der Waals surface area contributed by atoms with Crippen LogP contribution in [0.1, 0.15) is 40.1 Å². The van der Waals surface area contributed by atoms with Crippen LogP contribution in [0, 0.1) is 5.82 Å². The molecule has 228 valence electrons. The van der Waals surface area contributed by atoms with E-state index in [-0.39, 0.29) is 59.4 Å². The number of phenols is 1. The third-order valence-electron chi connectivity index (χ3n) is 6.82. The molecule has 44 heavy (non-hydrogen) atoms. The number of halogens is 1. The summed E-state index contributed by atoms with van der Waals surface area (Å²) in [6, 6.07) is 15.9. The van der Waals surface area contributed by atoms with E-state index in [1.165, 1.54) is 37.4 Å². The van der Waals surface area contributed by atoms with E-state index in [0.717, 1.165) is 4.90 Å². The minimum absolute atomic E-state index is 0.0313. The second-order valence-corrected chi connectivity index (χ2v) is 12.1. The number of imide groups is 1. The van der Waals surface area contributed by atoms with Gasteiger partial charge in [0.25, 0.3) is 11.8 Å². The Hall–Kier alpha value is -4.80. The number of hydrogen-bond acceptors (Lipinski definition) is 9. The Labute approximate surface area is 252 Å². The Morgan fingerprint density at radius 1 is 1.05 bits per heavy atom. The van der Waals surface area contributed by atoms with E-state index in [0.29, 0.717) is 5.56 Å². The molecule has 0 bridgehead atoms. The molecule has 1 aliphatic rings. The van der Waals surface area contributed by atoms with Crippen molar-refractivity contribution in [3.8, 4) is 17.2 Å². The molecule has 0 saturated heterocycles. The topological polar surface area (TPSA) is 144 Å². The number of hydrogen-bond donors (Lipinski definition) is 2. The Morgan fingerprint density at radius 3 is 2.45 bits per heavy atom. The highest BCUT2D eigenvalue weighted by Gasteiger charge is 2.43. The molecule has 1 unspecified atom stereocenters. The summed E-state index contributed by atoms with van der Waals surface area (Å²) >= 11 is 0. The second-order valence-electron chi connectivity index (χ2n) is 9.90. The van der Waals surface area contributed by atoms with Gasteiger partial charge in [-0.3, -0.25) is 28.8 Å². The minimum Gasteiger partial charge on any atom is -0.505 e. The maximum atomic E-state index is 14.0. The van der Waals surface area contributed by atoms with Crippen molar-refractivity contribution in [3.63, 3.8) is 0 Å². The fourth-order valence-corrected chi connectivity index (χ4v) is 6.54. The van der Waals surface area contributed by atoms with Gasteiger partial charge in [-0.2, -0.15) is 0 Å². The minimum atomic E-state index is -3.82. The highest BCUT2D eigenvalue weighted by atomic mass is 31.2. The Balaban J connectivity index is 1.46. The van der Waals surface area contributed by atoms with Crippen LogP contribution in [0.4, 0.5) is 4.39 Å². The summed E-state index contributed by atoms with van der Waals surface area (Å²) < 4.78 is 44.4. The number of carbonyl (C=O) groups is 3. The van der Waals surface area contributed by atoms with Gasteiger partial charge in [-0.25, -0.2) is 9.48 Å². The van der Waals surface area contributed by atoms with Crippen molar-refractivity contribution in [1.82, 2.24) is 15.0 Å². The summed E-state index contributed by atoms with van der Waals surface area (Å²) in [5.74, 6) is -2.82. The van der Waals surface area contributed by atoms with Gasteiger partial charge in [-0.05, 0) is 55.8 Å². The van der Waals surface area contributed by atoms with E-state index in [9.17, 15) is 28.4 Å². The van der Waals surface area contributed by atoms with Crippen molar-refractivity contribution < 1.29 is 42.4 Å². The van der Waals surface area contributed by atoms with E-state index in [2.05, 4.69) is 10.1 Å². The van der Waals surface area contributed by atoms with Gasteiger partial charge in [0.1, 0.15) is 34.4 Å². The van der Waals surface area contributed by atoms with Crippen molar-refractivity contribution in [2.24, 2.45) is 0 Å². The Kier molecular flexibility index (Phi) is 8.93. The molecule has 13 heteroatoms. The van der Waals surface area contributed by atoms with E-state index < -0.39 is 42.9 Å². The molecule has 2 heterocycles. The van der Waals surface area contributed by atoms with E-state index in [1.807, 2.05) is 0 Å². The van der Waals surface area contributed by atoms with Crippen LogP contribution in [0.5, 0.6) is 17.2 Å². The molecule has 0 aliphatic carbocycles. The molecule has 2 amide bonds. The standard InChI is InChI=1S/C31H29FN3O8P/c1-3-41-31(39)19(2)34-44(40,43-22-8-5-4-6-9-22)17-16-42-28-23-10-7-15-33-26(23)27(36)24-25(28)30(38)35(29(24)37)18-20-11-13-21(32)14-12-20/h4-15,19,36H,3,16-18H2,1-2H3,(H,34,40)/t19-,44?/m1/s1. The van der Waals surface area contributed by atoms with Crippen molar-refractivity contribution in [2.75, 3.05) is 19.4 Å². The summed E-state index contributed by atoms with van der Waals surface area (Å²) in [6.45, 7) is 2.82. The number of aromatic hydroxyl groups is 1. The highest BCUT2D eigenvalue weighted by molar-refractivity contribution is 7.57. The second kappa shape index (κ2) is 12.8. The van der Waals surface area contributed by atoms with Crippen molar-refractivity contribution in [2.45, 2.75) is 26.4 Å². The van der Waals surface area contributed by atoms with Gasteiger partial charge >= 0.3 is 13.5 Å². The molecule has 0 spiro atoms. The number of rotatable bonds is 12. The number of aromatic nitrogens is 1. The first-order valence-corrected chi connectivity index (χ1v) is 15.6. The SMILES string of the molecule is CCOC(=O)[C@@H](C)NP(=O)(CCOc1c2c(c(O)c3ncccc13)C(=O)N(Cc1ccc(F)cc1)C2=O)Oc1ccccc1. The summed E-state index contributed by atoms with van der Waals surface area (Å²) in [5.41, 5.74) is 0.0630. The van der Waals surface area contributed by atoms with Crippen LogP contribution in [0.15, 0.2) is 72.9 Å². The molecule has 11 nitrogen and oxygen atoms in total. The zero-order chi connectivity index (χ0) is 31.4. The van der Waals surface area contributed by atoms with Crippen LogP contribution in [0.3, 0.4) is 0 Å². The number of fused-ring (bicyclic) bond motifs is 2. The molecule has 0 radical (unpaired) electrons. The molecule has 4 aromatic rings. The average molecular weight is 622 g/mol. The number of benzene rings is 3. The molecule has 0 saturated carbocycles. The Morgan fingerprint density at radius 2 is 1.75 bits per heavy atom. The number of para-hydroxylation sites is 1. The number of carbonyl (C=O) groups excluding carboxylic acids is 3. The molecule has 2 N–H and O–H groups in total. The van der Waals surface area contributed by atoms with Crippen LogP contribution in [-0.4, -0.2) is 58.2 Å². The maximum absolute atomic E-state index is 14.0. The predicted octanol–water partition coefficient (Wildman–Crippen LogP) is 5.07. The molecule has 0 fully saturated rings. The zero-order valence-electron chi connectivity index (χ0n) is 23.9. The first-order valence-electron chi connectivity index (χ1n) is 13.8. The number of esters is 1. The monoisotopic (exact) mass is 621 g/mol. The first-order chi connectivity index (χ1) is 21.1. The summed E-state index contributed by atoms with van der Waals surface area (Å²) in [5, 5.41) is 14.0. The van der Waals surface area contributed by atoms with E-state index in [4.69, 9.17) is 14.0 Å². The van der Waals surface area contributed by atoms with Gasteiger partial charge in [0.05, 0.1) is 31.5 Å². The molecule has 3 aromatic carbocycles. The molecule has 1 aliphatic heterocycles. The third kappa shape index (κ3) is 6.27. The normalized spacial score (nSPS) is 14.7. The van der Waals surface area contributed by atoms with Crippen LogP contribution in [0.2, 0.25) is 0 Å². The van der Waals surface area contributed by atoms with Crippen molar-refractivity contribution >= 4 is 36.2 Å². The highest BCUT2D eigenvalue weighted by Crippen LogP contribution is 2.46. The largest absolute Gasteiger partial charge is 0.505 e. The van der Waals surface area contributed by atoms with E-state index >= 15 is 0 Å². The molecular formula is C31H29FN3O8P. The van der Waals surface area contributed by atoms with Crippen molar-refractivity contribution in [3.05, 3.63) is 95.4 Å². The van der Waals surface area contributed by atoms with Crippen molar-refractivity contribution in [1.29, 1.82) is 0 Å². The number of nitrogens with one attached hydrogen (secondary N) is 1. The number of ether oxygens (including phenoxy) is 2. The lowest BCUT2D eigenvalue weighted by molar-refractivity contribution is -0.144. The fraction of sp³-hybridized carbons (Fsp3) is 0.226. The van der Waals surface area contributed by atoms with Crippen LogP contribution < -0.4 is 14.3 Å². The zero-order valence-corrected chi connectivity index (χ0v) is 24.8. The van der Waals surface area contributed by atoms with E-state index in [1.54, 1.807) is 49.4 Å². The predicted molar refractivity (Wildman–Crippen MR) is 158 cm³/mol. The lowest BCUT2D eigenvalue weighted by Gasteiger charge is -2.24. The number of nitrogens with zero attached hydrogens (tertiary/aromatic N) is 2. The fourth-order valence-electron chi connectivity index (χ4n) is 4.77. The van der Waals surface area contributed by atoms with Gasteiger partial charge in [0.15, 0.2) is 5.75 Å². The molecule has 2 atom stereocenters.